The molecule has 0 aliphatic carbocycles. The molecular formula is C5H9NOS. The van der Waals surface area contributed by atoms with Gasteiger partial charge in [0.25, 0.3) is 0 Å². The van der Waals surface area contributed by atoms with Gasteiger partial charge in [0.1, 0.15) is 0 Å². The van der Waals surface area contributed by atoms with Gasteiger partial charge in [0.2, 0.25) is 0 Å². The van der Waals surface area contributed by atoms with Crippen molar-refractivity contribution in [2.75, 3.05) is 12.5 Å². The molecule has 0 saturated heterocycles. The van der Waals surface area contributed by atoms with Crippen molar-refractivity contribution < 1.29 is 4.84 Å². The number of thioether (sulfide) groups is 1. The van der Waals surface area contributed by atoms with Crippen LogP contribution in [0.5, 0.6) is 0 Å². The van der Waals surface area contributed by atoms with E-state index in [0.717, 1.165) is 12.5 Å². The zero-order chi connectivity index (χ0) is 5.82. The third-order valence-electron chi connectivity index (χ3n) is 0.820. The predicted molar refractivity (Wildman–Crippen MR) is 35.1 cm³/mol. The number of hydrogen-bond acceptors (Lipinski definition) is 3. The van der Waals surface area contributed by atoms with Crippen molar-refractivity contribution in [3.05, 3.63) is 11.6 Å². The summed E-state index contributed by atoms with van der Waals surface area (Å²) in [4.78, 5) is 5.13. The number of rotatable bonds is 2. The summed E-state index contributed by atoms with van der Waals surface area (Å²) in [5, 5.41) is 3.85. The van der Waals surface area contributed by atoms with Crippen LogP contribution in [-0.4, -0.2) is 17.5 Å². The molecule has 1 rings (SSSR count). The Bertz CT molecular complexity index is 94.4. The minimum Gasteiger partial charge on any atom is -0.274 e. The van der Waals surface area contributed by atoms with Crippen molar-refractivity contribution >= 4 is 11.8 Å². The molecule has 0 aromatic carbocycles. The maximum atomic E-state index is 5.13. The molecule has 1 aliphatic heterocycles. The van der Waals surface area contributed by atoms with Crippen LogP contribution in [0.3, 0.4) is 0 Å². The third kappa shape index (κ3) is 1.42. The van der Waals surface area contributed by atoms with Crippen LogP contribution in [0.15, 0.2) is 11.6 Å². The Morgan fingerprint density at radius 1 is 1.88 bits per heavy atom. The summed E-state index contributed by atoms with van der Waals surface area (Å²) in [5.41, 5.74) is 0. The predicted octanol–water partition coefficient (Wildman–Crippen LogP) is 1.42. The molecule has 0 atom stereocenters. The van der Waals surface area contributed by atoms with Crippen molar-refractivity contribution in [3.8, 4) is 0 Å². The summed E-state index contributed by atoms with van der Waals surface area (Å²) in [6.07, 6.45) is 1.94. The highest BCUT2D eigenvalue weighted by Gasteiger charge is 2.01. The summed E-state index contributed by atoms with van der Waals surface area (Å²) in [6.45, 7) is 2.74. The molecule has 0 fully saturated rings. The second-order valence-corrected chi connectivity index (χ2v) is 2.28. The average molecular weight is 131 g/mol. The summed E-state index contributed by atoms with van der Waals surface area (Å²) in [5.74, 6) is 0.938. The first-order valence-electron chi connectivity index (χ1n) is 2.61. The lowest BCUT2D eigenvalue weighted by Crippen LogP contribution is -2.12. The maximum Gasteiger partial charge on any atom is 0.0943 e. The van der Waals surface area contributed by atoms with E-state index in [1.54, 1.807) is 11.8 Å². The largest absolute Gasteiger partial charge is 0.274 e. The van der Waals surface area contributed by atoms with Gasteiger partial charge in [-0.3, -0.25) is 9.90 Å². The van der Waals surface area contributed by atoms with Crippen molar-refractivity contribution in [3.63, 3.8) is 0 Å². The van der Waals surface area contributed by atoms with Crippen LogP contribution in [0, 0.1) is 0 Å². The minimum atomic E-state index is 0.755. The van der Waals surface area contributed by atoms with E-state index in [2.05, 4.69) is 0 Å². The Morgan fingerprint density at radius 3 is 3.25 bits per heavy atom. The summed E-state index contributed by atoms with van der Waals surface area (Å²) in [6, 6.07) is 0. The fraction of sp³-hybridized carbons (Fsp3) is 0.600. The van der Waals surface area contributed by atoms with Crippen LogP contribution in [0.25, 0.3) is 0 Å². The van der Waals surface area contributed by atoms with E-state index in [0.29, 0.717) is 0 Å². The first-order valence-corrected chi connectivity index (χ1v) is 3.66. The second kappa shape index (κ2) is 2.99. The number of hydrogen-bond donors (Lipinski definition) is 0. The van der Waals surface area contributed by atoms with Crippen LogP contribution >= 0.6 is 11.8 Å². The first-order chi connectivity index (χ1) is 3.93. The summed E-state index contributed by atoms with van der Waals surface area (Å²) >= 11 is 1.74. The first kappa shape index (κ1) is 5.98. The molecule has 0 aromatic heterocycles. The lowest BCUT2D eigenvalue weighted by Gasteiger charge is -2.11. The molecule has 1 aliphatic rings. The van der Waals surface area contributed by atoms with Crippen LogP contribution in [0.4, 0.5) is 0 Å². The topological polar surface area (TPSA) is 12.5 Å². The van der Waals surface area contributed by atoms with E-state index in [4.69, 9.17) is 4.84 Å². The molecule has 46 valence electrons. The highest BCUT2D eigenvalue weighted by Crippen LogP contribution is 2.14. The molecule has 0 radical (unpaired) electrons. The monoisotopic (exact) mass is 131 g/mol. The molecule has 0 spiro atoms. The molecule has 8 heavy (non-hydrogen) atoms. The highest BCUT2D eigenvalue weighted by molar-refractivity contribution is 8.02. The molecule has 3 heteroatoms. The molecule has 2 nitrogen and oxygen atoms in total. The lowest BCUT2D eigenvalue weighted by molar-refractivity contribution is -0.0972. The SMILES string of the molecule is CCON1C=CSC1. The van der Waals surface area contributed by atoms with Crippen molar-refractivity contribution in [2.45, 2.75) is 6.92 Å². The second-order valence-electron chi connectivity index (χ2n) is 1.42. The van der Waals surface area contributed by atoms with Gasteiger partial charge in [0.05, 0.1) is 12.5 Å². The zero-order valence-electron chi connectivity index (χ0n) is 4.83. The molecule has 0 unspecified atom stereocenters. The zero-order valence-corrected chi connectivity index (χ0v) is 5.65. The summed E-state index contributed by atoms with van der Waals surface area (Å²) < 4.78 is 0. The van der Waals surface area contributed by atoms with Gasteiger partial charge >= 0.3 is 0 Å². The Hall–Kier alpha value is -0.150. The molecular weight excluding hydrogens is 122 g/mol. The molecule has 0 N–H and O–H groups in total. The molecule has 0 saturated carbocycles. The van der Waals surface area contributed by atoms with E-state index < -0.39 is 0 Å². The fourth-order valence-corrected chi connectivity index (χ4v) is 1.13. The highest BCUT2D eigenvalue weighted by atomic mass is 32.2. The Balaban J connectivity index is 2.16. The van der Waals surface area contributed by atoms with E-state index in [1.165, 1.54) is 0 Å². The van der Waals surface area contributed by atoms with E-state index in [-0.39, 0.29) is 0 Å². The molecule has 0 amide bonds. The molecule has 0 bridgehead atoms. The van der Waals surface area contributed by atoms with Crippen molar-refractivity contribution in [1.82, 2.24) is 5.06 Å². The molecule has 1 heterocycles. The van der Waals surface area contributed by atoms with Gasteiger partial charge < -0.3 is 0 Å². The van der Waals surface area contributed by atoms with E-state index in [1.807, 2.05) is 23.6 Å². The van der Waals surface area contributed by atoms with Crippen molar-refractivity contribution in [2.24, 2.45) is 0 Å². The number of hydroxylamine groups is 2. The van der Waals surface area contributed by atoms with Crippen molar-refractivity contribution in [1.29, 1.82) is 0 Å². The summed E-state index contributed by atoms with van der Waals surface area (Å²) in [7, 11) is 0. The van der Waals surface area contributed by atoms with Gasteiger partial charge in [0.15, 0.2) is 0 Å². The maximum absolute atomic E-state index is 5.13. The fourth-order valence-electron chi connectivity index (χ4n) is 0.517. The van der Waals surface area contributed by atoms with Crippen LogP contribution < -0.4 is 0 Å². The standard InChI is InChI=1S/C5H9NOS/c1-2-7-6-3-4-8-5-6/h3-4H,2,5H2,1H3. The Kier molecular flexibility index (Phi) is 2.24. The van der Waals surface area contributed by atoms with Crippen LogP contribution in [0.1, 0.15) is 6.92 Å². The Labute approximate surface area is 53.5 Å². The average Bonchev–Trinajstić information content (AvgIpc) is 2.19. The van der Waals surface area contributed by atoms with Crippen LogP contribution in [0.2, 0.25) is 0 Å². The quantitative estimate of drug-likeness (QED) is 0.562. The van der Waals surface area contributed by atoms with E-state index in [9.17, 15) is 0 Å². The Morgan fingerprint density at radius 2 is 2.75 bits per heavy atom. The van der Waals surface area contributed by atoms with Gasteiger partial charge in [-0.2, -0.15) is 0 Å². The van der Waals surface area contributed by atoms with Gasteiger partial charge in [0, 0.05) is 6.20 Å². The normalized spacial score (nSPS) is 17.9. The van der Waals surface area contributed by atoms with Gasteiger partial charge in [-0.05, 0) is 12.3 Å². The van der Waals surface area contributed by atoms with Crippen LogP contribution in [-0.2, 0) is 4.84 Å². The molecule has 0 aromatic rings. The van der Waals surface area contributed by atoms with Gasteiger partial charge in [-0.15, -0.1) is 11.8 Å². The smallest absolute Gasteiger partial charge is 0.0943 e. The number of nitrogens with zero attached hydrogens (tertiary/aromatic N) is 1. The van der Waals surface area contributed by atoms with Gasteiger partial charge in [-0.1, -0.05) is 0 Å². The third-order valence-corrected chi connectivity index (χ3v) is 1.54. The van der Waals surface area contributed by atoms with Gasteiger partial charge in [-0.25, -0.2) is 0 Å². The lowest BCUT2D eigenvalue weighted by atomic mass is 10.9. The van der Waals surface area contributed by atoms with E-state index >= 15 is 0 Å². The minimum absolute atomic E-state index is 0.755.